The Bertz CT molecular complexity index is 1070. The van der Waals surface area contributed by atoms with Gasteiger partial charge in [-0.25, -0.2) is 22.3 Å². The zero-order valence-corrected chi connectivity index (χ0v) is 14.2. The summed E-state index contributed by atoms with van der Waals surface area (Å²) < 4.78 is 51.3. The molecule has 0 radical (unpaired) electrons. The fourth-order valence-electron chi connectivity index (χ4n) is 2.44. The molecule has 3 rings (SSSR count). The van der Waals surface area contributed by atoms with Crippen LogP contribution < -0.4 is 5.14 Å². The van der Waals surface area contributed by atoms with Gasteiger partial charge >= 0.3 is 0 Å². The van der Waals surface area contributed by atoms with Crippen LogP contribution in [0.3, 0.4) is 0 Å². The van der Waals surface area contributed by atoms with E-state index in [1.807, 2.05) is 0 Å². The Balaban J connectivity index is 2.24. The van der Waals surface area contributed by atoms with Crippen molar-refractivity contribution >= 4 is 21.6 Å². The second kappa shape index (κ2) is 6.51. The molecule has 0 bridgehead atoms. The maximum absolute atomic E-state index is 14.5. The van der Waals surface area contributed by atoms with Crippen LogP contribution in [0, 0.1) is 11.6 Å². The smallest absolute Gasteiger partial charge is 0.241 e. The minimum atomic E-state index is -4.37. The molecule has 0 fully saturated rings. The molecule has 0 aliphatic carbocycles. The normalized spacial score (nSPS) is 11.5. The molecule has 25 heavy (non-hydrogen) atoms. The van der Waals surface area contributed by atoms with E-state index >= 15 is 0 Å². The molecule has 0 spiro atoms. The van der Waals surface area contributed by atoms with Gasteiger partial charge in [0.2, 0.25) is 10.0 Å². The lowest BCUT2D eigenvalue weighted by Crippen LogP contribution is -2.14. The Labute approximate surface area is 148 Å². The topological polar surface area (TPSA) is 73.1 Å². The van der Waals surface area contributed by atoms with Crippen LogP contribution in [0.2, 0.25) is 5.02 Å². The third-order valence-electron chi connectivity index (χ3n) is 3.52. The van der Waals surface area contributed by atoms with Crippen LogP contribution in [0.5, 0.6) is 0 Å². The summed E-state index contributed by atoms with van der Waals surface area (Å²) in [6.07, 6.45) is 1.51. The molecular weight excluding hydrogens is 370 g/mol. The van der Waals surface area contributed by atoms with Crippen LogP contribution in [0.1, 0.15) is 0 Å². The van der Waals surface area contributed by atoms with E-state index in [1.165, 1.54) is 6.20 Å². The molecule has 2 aromatic carbocycles. The highest BCUT2D eigenvalue weighted by Crippen LogP contribution is 2.34. The van der Waals surface area contributed by atoms with Gasteiger partial charge in [0.05, 0.1) is 5.69 Å². The number of nitrogens with two attached hydrogens (primary N) is 1. The number of halogens is 3. The van der Waals surface area contributed by atoms with Gasteiger partial charge in [-0.1, -0.05) is 29.8 Å². The van der Waals surface area contributed by atoms with E-state index in [-0.39, 0.29) is 5.56 Å². The highest BCUT2D eigenvalue weighted by molar-refractivity contribution is 7.89. The Morgan fingerprint density at radius 3 is 2.40 bits per heavy atom. The minimum Gasteiger partial charge on any atom is -0.256 e. The number of nitrogens with zero attached hydrogens (tertiary/aromatic N) is 1. The molecular formula is C17H11ClF2N2O2S. The number of aromatic nitrogens is 1. The van der Waals surface area contributed by atoms with E-state index in [2.05, 4.69) is 4.98 Å². The number of primary sulfonamides is 1. The SMILES string of the molecule is NS(=O)(=O)c1cc(F)c(-c2cccnc2-c2cccc(Cl)c2)cc1F. The number of hydrogen-bond donors (Lipinski definition) is 1. The van der Waals surface area contributed by atoms with Crippen molar-refractivity contribution in [2.45, 2.75) is 4.90 Å². The first kappa shape index (κ1) is 17.5. The molecule has 0 saturated heterocycles. The first-order chi connectivity index (χ1) is 11.8. The van der Waals surface area contributed by atoms with Gasteiger partial charge < -0.3 is 0 Å². The third kappa shape index (κ3) is 3.53. The molecule has 0 amide bonds. The van der Waals surface area contributed by atoms with Crippen LogP contribution in [0.25, 0.3) is 22.4 Å². The van der Waals surface area contributed by atoms with E-state index in [0.717, 1.165) is 6.07 Å². The van der Waals surface area contributed by atoms with Crippen LogP contribution >= 0.6 is 11.6 Å². The highest BCUT2D eigenvalue weighted by atomic mass is 35.5. The predicted molar refractivity (Wildman–Crippen MR) is 91.4 cm³/mol. The number of sulfonamides is 1. The molecule has 0 unspecified atom stereocenters. The van der Waals surface area contributed by atoms with Gasteiger partial charge in [0, 0.05) is 27.9 Å². The first-order valence-electron chi connectivity index (χ1n) is 7.00. The fraction of sp³-hybridized carbons (Fsp3) is 0. The summed E-state index contributed by atoms with van der Waals surface area (Å²) in [5, 5.41) is 5.35. The van der Waals surface area contributed by atoms with Crippen molar-refractivity contribution in [2.24, 2.45) is 5.14 Å². The number of pyridine rings is 1. The van der Waals surface area contributed by atoms with Crippen molar-refractivity contribution in [3.05, 3.63) is 71.4 Å². The summed E-state index contributed by atoms with van der Waals surface area (Å²) >= 11 is 5.98. The van der Waals surface area contributed by atoms with E-state index in [9.17, 15) is 17.2 Å². The minimum absolute atomic E-state index is 0.132. The third-order valence-corrected chi connectivity index (χ3v) is 4.69. The van der Waals surface area contributed by atoms with Crippen LogP contribution in [0.4, 0.5) is 8.78 Å². The largest absolute Gasteiger partial charge is 0.256 e. The number of hydrogen-bond acceptors (Lipinski definition) is 3. The zero-order valence-electron chi connectivity index (χ0n) is 12.6. The van der Waals surface area contributed by atoms with Crippen LogP contribution in [-0.4, -0.2) is 13.4 Å². The molecule has 0 aliphatic rings. The van der Waals surface area contributed by atoms with Gasteiger partial charge in [-0.15, -0.1) is 0 Å². The number of rotatable bonds is 3. The molecule has 0 aliphatic heterocycles. The second-order valence-corrected chi connectivity index (χ2v) is 7.18. The van der Waals surface area contributed by atoms with Crippen molar-refractivity contribution in [3.63, 3.8) is 0 Å². The number of benzene rings is 2. The van der Waals surface area contributed by atoms with Gasteiger partial charge in [0.15, 0.2) is 0 Å². The molecule has 4 nitrogen and oxygen atoms in total. The zero-order chi connectivity index (χ0) is 18.2. The highest BCUT2D eigenvalue weighted by Gasteiger charge is 2.21. The molecule has 0 atom stereocenters. The summed E-state index contributed by atoms with van der Waals surface area (Å²) in [7, 11) is -4.37. The van der Waals surface area contributed by atoms with Crippen molar-refractivity contribution in [1.82, 2.24) is 4.98 Å². The van der Waals surface area contributed by atoms with Crippen LogP contribution in [-0.2, 0) is 10.0 Å². The van der Waals surface area contributed by atoms with Gasteiger partial charge in [0.1, 0.15) is 16.5 Å². The standard InChI is InChI=1S/C17H11ClF2N2O2S/c18-11-4-1-3-10(7-11)17-12(5-2-6-22-17)13-8-15(20)16(9-14(13)19)25(21,23)24/h1-9H,(H2,21,23,24). The van der Waals surface area contributed by atoms with E-state index < -0.39 is 26.6 Å². The predicted octanol–water partition coefficient (Wildman–Crippen LogP) is 3.99. The summed E-state index contributed by atoms with van der Waals surface area (Å²) in [6.45, 7) is 0. The molecule has 1 heterocycles. The fourth-order valence-corrected chi connectivity index (χ4v) is 3.23. The van der Waals surface area contributed by atoms with Gasteiger partial charge in [-0.2, -0.15) is 0 Å². The Morgan fingerprint density at radius 1 is 0.960 bits per heavy atom. The molecule has 2 N–H and O–H groups in total. The molecule has 0 saturated carbocycles. The molecule has 1 aromatic heterocycles. The van der Waals surface area contributed by atoms with Crippen molar-refractivity contribution < 1.29 is 17.2 Å². The average Bonchev–Trinajstić information content (AvgIpc) is 2.55. The van der Waals surface area contributed by atoms with Crippen LogP contribution in [0.15, 0.2) is 59.6 Å². The Morgan fingerprint density at radius 2 is 1.72 bits per heavy atom. The Hall–Kier alpha value is -2.35. The molecule has 128 valence electrons. The lowest BCUT2D eigenvalue weighted by molar-refractivity contribution is 0.555. The first-order valence-corrected chi connectivity index (χ1v) is 8.93. The molecule has 8 heteroatoms. The van der Waals surface area contributed by atoms with Crippen molar-refractivity contribution in [3.8, 4) is 22.4 Å². The van der Waals surface area contributed by atoms with E-state index in [1.54, 1.807) is 36.4 Å². The van der Waals surface area contributed by atoms with Gasteiger partial charge in [-0.05, 0) is 30.3 Å². The Kier molecular flexibility index (Phi) is 4.55. The second-order valence-electron chi connectivity index (χ2n) is 5.22. The average molecular weight is 381 g/mol. The van der Waals surface area contributed by atoms with Crippen molar-refractivity contribution in [1.29, 1.82) is 0 Å². The summed E-state index contributed by atoms with van der Waals surface area (Å²) in [4.78, 5) is 3.32. The summed E-state index contributed by atoms with van der Waals surface area (Å²) in [5.41, 5.74) is 1.15. The quantitative estimate of drug-likeness (QED) is 0.746. The van der Waals surface area contributed by atoms with Gasteiger partial charge in [-0.3, -0.25) is 4.98 Å². The lowest BCUT2D eigenvalue weighted by Gasteiger charge is -2.11. The van der Waals surface area contributed by atoms with E-state index in [0.29, 0.717) is 27.9 Å². The lowest BCUT2D eigenvalue weighted by atomic mass is 9.99. The summed E-state index contributed by atoms with van der Waals surface area (Å²) in [5.74, 6) is -2.07. The summed E-state index contributed by atoms with van der Waals surface area (Å²) in [6, 6.07) is 11.2. The monoisotopic (exact) mass is 380 g/mol. The van der Waals surface area contributed by atoms with Crippen molar-refractivity contribution in [2.75, 3.05) is 0 Å². The molecule has 3 aromatic rings. The van der Waals surface area contributed by atoms with E-state index in [4.69, 9.17) is 16.7 Å². The maximum atomic E-state index is 14.5. The van der Waals surface area contributed by atoms with Gasteiger partial charge in [0.25, 0.3) is 0 Å². The maximum Gasteiger partial charge on any atom is 0.241 e.